The second-order valence-electron chi connectivity index (χ2n) is 4.79. The van der Waals surface area contributed by atoms with Gasteiger partial charge < -0.3 is 9.15 Å². The number of hydrogen-bond acceptors (Lipinski definition) is 6. The highest BCUT2D eigenvalue weighted by Crippen LogP contribution is 2.28. The SMILES string of the molecule is COc1oc2ccccc2/c(=N\c2cccc(C)n2)c1[N+](=O)[O-]. The van der Waals surface area contributed by atoms with Crippen molar-refractivity contribution in [1.82, 2.24) is 4.98 Å². The Bertz CT molecular complexity index is 963. The number of ether oxygens (including phenoxy) is 1. The van der Waals surface area contributed by atoms with Crippen LogP contribution in [0.2, 0.25) is 0 Å². The second-order valence-corrected chi connectivity index (χ2v) is 4.79. The third-order valence-corrected chi connectivity index (χ3v) is 3.23. The average molecular weight is 311 g/mol. The highest BCUT2D eigenvalue weighted by molar-refractivity contribution is 5.79. The molecular formula is C16H13N3O4. The summed E-state index contributed by atoms with van der Waals surface area (Å²) in [4.78, 5) is 19.6. The van der Waals surface area contributed by atoms with Gasteiger partial charge in [0.1, 0.15) is 5.58 Å². The van der Waals surface area contributed by atoms with E-state index < -0.39 is 4.92 Å². The molecule has 0 saturated heterocycles. The Morgan fingerprint density at radius 1 is 1.22 bits per heavy atom. The van der Waals surface area contributed by atoms with Crippen LogP contribution >= 0.6 is 0 Å². The van der Waals surface area contributed by atoms with Gasteiger partial charge >= 0.3 is 11.6 Å². The van der Waals surface area contributed by atoms with Crippen molar-refractivity contribution >= 4 is 22.5 Å². The summed E-state index contributed by atoms with van der Waals surface area (Å²) < 4.78 is 10.5. The molecule has 0 N–H and O–H groups in total. The first kappa shape index (κ1) is 14.7. The molecule has 116 valence electrons. The van der Waals surface area contributed by atoms with Crippen molar-refractivity contribution in [2.75, 3.05) is 7.11 Å². The van der Waals surface area contributed by atoms with Gasteiger partial charge in [-0.3, -0.25) is 10.1 Å². The van der Waals surface area contributed by atoms with Gasteiger partial charge in [0.05, 0.1) is 17.4 Å². The molecule has 0 radical (unpaired) electrons. The monoisotopic (exact) mass is 311 g/mol. The highest BCUT2D eigenvalue weighted by atomic mass is 16.6. The zero-order chi connectivity index (χ0) is 16.4. The molecule has 7 nitrogen and oxygen atoms in total. The number of nitro groups is 1. The molecule has 2 aromatic heterocycles. The number of methoxy groups -OCH3 is 1. The van der Waals surface area contributed by atoms with Gasteiger partial charge in [0.2, 0.25) is 0 Å². The molecule has 0 bridgehead atoms. The average Bonchev–Trinajstić information content (AvgIpc) is 2.54. The van der Waals surface area contributed by atoms with Crippen LogP contribution in [0.15, 0.2) is 51.9 Å². The molecule has 3 rings (SSSR count). The van der Waals surface area contributed by atoms with Gasteiger partial charge in [-0.25, -0.2) is 9.98 Å². The van der Waals surface area contributed by atoms with Crippen LogP contribution in [0.4, 0.5) is 11.5 Å². The van der Waals surface area contributed by atoms with Crippen molar-refractivity contribution in [2.45, 2.75) is 6.92 Å². The van der Waals surface area contributed by atoms with Crippen molar-refractivity contribution in [3.8, 4) is 5.95 Å². The molecule has 0 amide bonds. The molecule has 0 aliphatic rings. The normalized spacial score (nSPS) is 11.7. The van der Waals surface area contributed by atoms with E-state index in [1.807, 2.05) is 13.0 Å². The number of nitrogens with zero attached hydrogens (tertiary/aromatic N) is 3. The van der Waals surface area contributed by atoms with Crippen molar-refractivity contribution in [1.29, 1.82) is 0 Å². The summed E-state index contributed by atoms with van der Waals surface area (Å²) in [5.74, 6) is 0.187. The molecule has 0 atom stereocenters. The van der Waals surface area contributed by atoms with Crippen LogP contribution in [0.25, 0.3) is 11.0 Å². The van der Waals surface area contributed by atoms with E-state index in [4.69, 9.17) is 9.15 Å². The van der Waals surface area contributed by atoms with E-state index in [9.17, 15) is 10.1 Å². The number of para-hydroxylation sites is 1. The summed E-state index contributed by atoms with van der Waals surface area (Å²) in [5.41, 5.74) is 0.890. The summed E-state index contributed by atoms with van der Waals surface area (Å²) in [6, 6.07) is 12.2. The second kappa shape index (κ2) is 5.88. The van der Waals surface area contributed by atoms with Crippen LogP contribution in [0.1, 0.15) is 5.69 Å². The smallest absolute Gasteiger partial charge is 0.375 e. The Hall–Kier alpha value is -3.22. The van der Waals surface area contributed by atoms with Gasteiger partial charge in [-0.15, -0.1) is 0 Å². The Morgan fingerprint density at radius 3 is 2.70 bits per heavy atom. The number of fused-ring (bicyclic) bond motifs is 1. The van der Waals surface area contributed by atoms with E-state index >= 15 is 0 Å². The van der Waals surface area contributed by atoms with Gasteiger partial charge in [0.25, 0.3) is 0 Å². The number of aryl methyl sites for hydroxylation is 1. The molecular weight excluding hydrogens is 298 g/mol. The van der Waals surface area contributed by atoms with Crippen LogP contribution in [-0.2, 0) is 0 Å². The number of aromatic nitrogens is 1. The predicted molar refractivity (Wildman–Crippen MR) is 83.6 cm³/mol. The van der Waals surface area contributed by atoms with E-state index in [-0.39, 0.29) is 17.0 Å². The molecule has 0 unspecified atom stereocenters. The molecule has 23 heavy (non-hydrogen) atoms. The molecule has 0 aliphatic carbocycles. The number of rotatable bonds is 3. The topological polar surface area (TPSA) is 90.8 Å². The molecule has 7 heteroatoms. The maximum absolute atomic E-state index is 11.5. The molecule has 0 saturated carbocycles. The largest absolute Gasteiger partial charge is 0.463 e. The Balaban J connectivity index is 2.45. The summed E-state index contributed by atoms with van der Waals surface area (Å²) >= 11 is 0. The maximum atomic E-state index is 11.5. The summed E-state index contributed by atoms with van der Waals surface area (Å²) in [6.07, 6.45) is 0. The van der Waals surface area contributed by atoms with E-state index in [0.29, 0.717) is 16.8 Å². The lowest BCUT2D eigenvalue weighted by molar-refractivity contribution is -0.388. The summed E-state index contributed by atoms with van der Waals surface area (Å²) in [6.45, 7) is 1.83. The first-order valence-electron chi connectivity index (χ1n) is 6.83. The maximum Gasteiger partial charge on any atom is 0.375 e. The minimum absolute atomic E-state index is 0.159. The fourth-order valence-electron chi connectivity index (χ4n) is 2.24. The highest BCUT2D eigenvalue weighted by Gasteiger charge is 2.24. The van der Waals surface area contributed by atoms with Gasteiger partial charge in [-0.2, -0.15) is 0 Å². The summed E-state index contributed by atoms with van der Waals surface area (Å²) in [7, 11) is 1.31. The zero-order valence-electron chi connectivity index (χ0n) is 12.5. The first-order chi connectivity index (χ1) is 11.1. The summed E-state index contributed by atoms with van der Waals surface area (Å²) in [5, 5.41) is 12.2. The molecule has 0 aliphatic heterocycles. The fraction of sp³-hybridized carbons (Fsp3) is 0.125. The van der Waals surface area contributed by atoms with E-state index in [0.717, 1.165) is 5.69 Å². The van der Waals surface area contributed by atoms with Gasteiger partial charge in [0, 0.05) is 5.69 Å². The zero-order valence-corrected chi connectivity index (χ0v) is 12.5. The molecule has 0 fully saturated rings. The standard InChI is InChI=1S/C16H13N3O4/c1-10-6-5-9-13(17-10)18-14-11-7-3-4-8-12(11)23-16(22-2)15(14)19(20)21/h3-9H,1-2H3/b18-14+. The van der Waals surface area contributed by atoms with Gasteiger partial charge in [-0.05, 0) is 31.2 Å². The van der Waals surface area contributed by atoms with E-state index in [2.05, 4.69) is 9.98 Å². The third kappa shape index (κ3) is 2.76. The number of pyridine rings is 1. The predicted octanol–water partition coefficient (Wildman–Crippen LogP) is 3.29. The fourth-order valence-corrected chi connectivity index (χ4v) is 2.24. The van der Waals surface area contributed by atoms with Crippen LogP contribution in [0.3, 0.4) is 0 Å². The minimum Gasteiger partial charge on any atom is -0.463 e. The van der Waals surface area contributed by atoms with Crippen molar-refractivity contribution < 1.29 is 14.1 Å². The lowest BCUT2D eigenvalue weighted by atomic mass is 10.2. The van der Waals surface area contributed by atoms with Gasteiger partial charge in [-0.1, -0.05) is 18.2 Å². The molecule has 2 heterocycles. The van der Waals surface area contributed by atoms with Crippen molar-refractivity contribution in [3.05, 3.63) is 63.6 Å². The minimum atomic E-state index is -0.566. The van der Waals surface area contributed by atoms with E-state index in [1.165, 1.54) is 7.11 Å². The number of hydrogen-bond donors (Lipinski definition) is 0. The Morgan fingerprint density at radius 2 is 2.00 bits per heavy atom. The first-order valence-corrected chi connectivity index (χ1v) is 6.83. The Labute approximate surface area is 131 Å². The molecule has 1 aromatic carbocycles. The third-order valence-electron chi connectivity index (χ3n) is 3.23. The van der Waals surface area contributed by atoms with Crippen molar-refractivity contribution in [3.63, 3.8) is 0 Å². The van der Waals surface area contributed by atoms with Crippen LogP contribution in [-0.4, -0.2) is 17.0 Å². The van der Waals surface area contributed by atoms with Crippen molar-refractivity contribution in [2.24, 2.45) is 4.99 Å². The van der Waals surface area contributed by atoms with E-state index in [1.54, 1.807) is 36.4 Å². The lowest BCUT2D eigenvalue weighted by Gasteiger charge is -2.04. The van der Waals surface area contributed by atoms with Crippen LogP contribution in [0, 0.1) is 17.0 Å². The molecule has 0 spiro atoms. The number of benzene rings is 1. The van der Waals surface area contributed by atoms with Gasteiger partial charge in [0.15, 0.2) is 11.2 Å². The van der Waals surface area contributed by atoms with Crippen LogP contribution < -0.4 is 10.1 Å². The quantitative estimate of drug-likeness (QED) is 0.547. The lowest BCUT2D eigenvalue weighted by Crippen LogP contribution is -2.12. The Kier molecular flexibility index (Phi) is 3.76. The molecule has 3 aromatic rings. The van der Waals surface area contributed by atoms with Crippen LogP contribution in [0.5, 0.6) is 5.95 Å².